The molecule has 118 valence electrons. The van der Waals surface area contributed by atoms with Gasteiger partial charge in [-0.1, -0.05) is 20.8 Å². The highest BCUT2D eigenvalue weighted by atomic mass is 16.3. The first kappa shape index (κ1) is 15.2. The molecule has 5 heteroatoms. The zero-order chi connectivity index (χ0) is 15.9. The van der Waals surface area contributed by atoms with Crippen molar-refractivity contribution in [1.29, 1.82) is 0 Å². The standard InChI is InChI=1S/C17H24N4O/c1-5-11-8-14-15-13(18-11)7-6-12(10(4)22)19-17(15)21-16(20-14)9(2)3/h8-10,12,22H,5-7H2,1-4H3,(H,19,20,21)/t10?,12-/m1/s1. The molecule has 1 aliphatic heterocycles. The van der Waals surface area contributed by atoms with Crippen LogP contribution in [-0.2, 0) is 12.8 Å². The monoisotopic (exact) mass is 300 g/mol. The molecule has 0 spiro atoms. The van der Waals surface area contributed by atoms with Crippen molar-refractivity contribution in [3.63, 3.8) is 0 Å². The van der Waals surface area contributed by atoms with E-state index in [0.717, 1.165) is 53.2 Å². The van der Waals surface area contributed by atoms with Crippen LogP contribution in [0, 0.1) is 0 Å². The zero-order valence-electron chi connectivity index (χ0n) is 13.7. The second kappa shape index (κ2) is 5.80. The van der Waals surface area contributed by atoms with Gasteiger partial charge in [0.1, 0.15) is 11.6 Å². The number of nitrogens with zero attached hydrogens (tertiary/aromatic N) is 3. The van der Waals surface area contributed by atoms with Gasteiger partial charge < -0.3 is 10.4 Å². The van der Waals surface area contributed by atoms with Crippen molar-refractivity contribution >= 4 is 16.7 Å². The Morgan fingerprint density at radius 3 is 2.68 bits per heavy atom. The van der Waals surface area contributed by atoms with Crippen molar-refractivity contribution in [3.8, 4) is 0 Å². The molecule has 0 aliphatic carbocycles. The molecule has 0 saturated heterocycles. The van der Waals surface area contributed by atoms with Gasteiger partial charge in [0.2, 0.25) is 0 Å². The molecule has 0 aromatic carbocycles. The van der Waals surface area contributed by atoms with E-state index >= 15 is 0 Å². The molecule has 5 nitrogen and oxygen atoms in total. The number of nitrogens with one attached hydrogen (secondary N) is 1. The average molecular weight is 300 g/mol. The maximum absolute atomic E-state index is 9.99. The maximum Gasteiger partial charge on any atom is 0.139 e. The van der Waals surface area contributed by atoms with Gasteiger partial charge in [-0.15, -0.1) is 0 Å². The quantitative estimate of drug-likeness (QED) is 0.912. The zero-order valence-corrected chi connectivity index (χ0v) is 13.7. The molecule has 1 unspecified atom stereocenters. The number of aliphatic hydroxyl groups is 1. The minimum absolute atomic E-state index is 0.00242. The molecular formula is C17H24N4O. The molecule has 2 aromatic heterocycles. The number of hydrogen-bond acceptors (Lipinski definition) is 5. The molecule has 3 heterocycles. The molecular weight excluding hydrogens is 276 g/mol. The van der Waals surface area contributed by atoms with Crippen LogP contribution < -0.4 is 5.32 Å². The summed E-state index contributed by atoms with van der Waals surface area (Å²) in [7, 11) is 0. The summed E-state index contributed by atoms with van der Waals surface area (Å²) >= 11 is 0. The summed E-state index contributed by atoms with van der Waals surface area (Å²) in [6.07, 6.45) is 2.16. The van der Waals surface area contributed by atoms with E-state index in [1.807, 2.05) is 6.92 Å². The maximum atomic E-state index is 9.99. The van der Waals surface area contributed by atoms with Crippen LogP contribution in [0.25, 0.3) is 10.9 Å². The molecule has 3 rings (SSSR count). The van der Waals surface area contributed by atoms with Crippen LogP contribution in [0.1, 0.15) is 57.2 Å². The third-order valence-corrected chi connectivity index (χ3v) is 4.30. The summed E-state index contributed by atoms with van der Waals surface area (Å²) in [5, 5.41) is 14.4. The lowest BCUT2D eigenvalue weighted by Crippen LogP contribution is -2.31. The fourth-order valence-corrected chi connectivity index (χ4v) is 2.93. The minimum Gasteiger partial charge on any atom is -0.391 e. The van der Waals surface area contributed by atoms with Gasteiger partial charge in [0.15, 0.2) is 0 Å². The topological polar surface area (TPSA) is 70.9 Å². The molecule has 0 bridgehead atoms. The van der Waals surface area contributed by atoms with Crippen LogP contribution in [0.2, 0.25) is 0 Å². The Bertz CT molecular complexity index is 697. The summed E-state index contributed by atoms with van der Waals surface area (Å²) in [6.45, 7) is 8.12. The number of anilines is 1. The Morgan fingerprint density at radius 2 is 2.05 bits per heavy atom. The van der Waals surface area contributed by atoms with Crippen LogP contribution in [0.5, 0.6) is 0 Å². The van der Waals surface area contributed by atoms with E-state index in [4.69, 9.17) is 15.0 Å². The minimum atomic E-state index is -0.424. The lowest BCUT2D eigenvalue weighted by Gasteiger charge is -2.20. The Balaban J connectivity index is 2.23. The van der Waals surface area contributed by atoms with E-state index in [9.17, 15) is 5.11 Å². The summed E-state index contributed by atoms with van der Waals surface area (Å²) in [5.74, 6) is 1.92. The molecule has 0 amide bonds. The van der Waals surface area contributed by atoms with Gasteiger partial charge in [-0.3, -0.25) is 4.98 Å². The van der Waals surface area contributed by atoms with Crippen LogP contribution in [-0.4, -0.2) is 32.2 Å². The Labute approximate surface area is 131 Å². The van der Waals surface area contributed by atoms with Gasteiger partial charge in [0, 0.05) is 11.6 Å². The second-order valence-electron chi connectivity index (χ2n) is 6.42. The van der Waals surface area contributed by atoms with Crippen LogP contribution in [0.15, 0.2) is 6.07 Å². The molecule has 0 radical (unpaired) electrons. The van der Waals surface area contributed by atoms with E-state index < -0.39 is 6.10 Å². The van der Waals surface area contributed by atoms with Crippen LogP contribution in [0.3, 0.4) is 0 Å². The molecule has 2 atom stereocenters. The van der Waals surface area contributed by atoms with E-state index in [-0.39, 0.29) is 12.0 Å². The number of aryl methyl sites for hydroxylation is 2. The van der Waals surface area contributed by atoms with Gasteiger partial charge in [-0.25, -0.2) is 9.97 Å². The fourth-order valence-electron chi connectivity index (χ4n) is 2.93. The molecule has 22 heavy (non-hydrogen) atoms. The van der Waals surface area contributed by atoms with Crippen molar-refractivity contribution in [3.05, 3.63) is 23.3 Å². The average Bonchev–Trinajstić information content (AvgIpc) is 2.67. The SMILES string of the molecule is CCc1cc2nc(C(C)C)nc3c2c(n1)CC[C@H](C(C)O)N3. The molecule has 0 saturated carbocycles. The van der Waals surface area contributed by atoms with Gasteiger partial charge in [0.25, 0.3) is 0 Å². The first-order chi connectivity index (χ1) is 10.5. The van der Waals surface area contributed by atoms with Crippen molar-refractivity contribution in [1.82, 2.24) is 15.0 Å². The van der Waals surface area contributed by atoms with Crippen molar-refractivity contribution in [2.45, 2.75) is 65.0 Å². The summed E-state index contributed by atoms with van der Waals surface area (Å²) in [5.41, 5.74) is 3.09. The highest BCUT2D eigenvalue weighted by molar-refractivity contribution is 5.92. The van der Waals surface area contributed by atoms with Gasteiger partial charge in [-0.2, -0.15) is 0 Å². The second-order valence-corrected chi connectivity index (χ2v) is 6.42. The predicted octanol–water partition coefficient (Wildman–Crippen LogP) is 2.82. The van der Waals surface area contributed by atoms with Crippen molar-refractivity contribution in [2.75, 3.05) is 5.32 Å². The Kier molecular flexibility index (Phi) is 4.00. The number of aliphatic hydroxyl groups excluding tert-OH is 1. The smallest absolute Gasteiger partial charge is 0.139 e. The molecule has 0 fully saturated rings. The molecule has 1 aliphatic rings. The highest BCUT2D eigenvalue weighted by Gasteiger charge is 2.24. The first-order valence-electron chi connectivity index (χ1n) is 8.14. The van der Waals surface area contributed by atoms with Gasteiger partial charge in [-0.05, 0) is 32.3 Å². The molecule has 2 N–H and O–H groups in total. The van der Waals surface area contributed by atoms with E-state index in [0.29, 0.717) is 0 Å². The normalized spacial score (nSPS) is 19.1. The number of pyridine rings is 1. The third kappa shape index (κ3) is 2.65. The highest BCUT2D eigenvalue weighted by Crippen LogP contribution is 2.31. The third-order valence-electron chi connectivity index (χ3n) is 4.30. The van der Waals surface area contributed by atoms with E-state index in [2.05, 4.69) is 32.2 Å². The van der Waals surface area contributed by atoms with E-state index in [1.165, 1.54) is 0 Å². The number of aromatic nitrogens is 3. The van der Waals surface area contributed by atoms with Gasteiger partial charge >= 0.3 is 0 Å². The van der Waals surface area contributed by atoms with Crippen LogP contribution in [0.4, 0.5) is 5.82 Å². The predicted molar refractivity (Wildman–Crippen MR) is 88.2 cm³/mol. The van der Waals surface area contributed by atoms with Crippen LogP contribution >= 0.6 is 0 Å². The molecule has 2 aromatic rings. The lowest BCUT2D eigenvalue weighted by atomic mass is 10.1. The fraction of sp³-hybridized carbons (Fsp3) is 0.588. The van der Waals surface area contributed by atoms with Crippen molar-refractivity contribution < 1.29 is 5.11 Å². The summed E-state index contributed by atoms with van der Waals surface area (Å²) in [4.78, 5) is 14.2. The summed E-state index contributed by atoms with van der Waals surface area (Å²) in [6, 6.07) is 2.07. The van der Waals surface area contributed by atoms with Crippen molar-refractivity contribution in [2.24, 2.45) is 0 Å². The first-order valence-corrected chi connectivity index (χ1v) is 8.14. The number of hydrogen-bond donors (Lipinski definition) is 2. The number of rotatable bonds is 3. The largest absolute Gasteiger partial charge is 0.391 e. The van der Waals surface area contributed by atoms with E-state index in [1.54, 1.807) is 0 Å². The summed E-state index contributed by atoms with van der Waals surface area (Å²) < 4.78 is 0. The lowest BCUT2D eigenvalue weighted by molar-refractivity contribution is 0.167. The Morgan fingerprint density at radius 1 is 1.27 bits per heavy atom. The Hall–Kier alpha value is -1.75. The van der Waals surface area contributed by atoms with Gasteiger partial charge in [0.05, 0.1) is 28.7 Å².